The predicted molar refractivity (Wildman–Crippen MR) is 85.7 cm³/mol. The molecule has 1 aromatic heterocycles. The second-order valence-corrected chi connectivity index (χ2v) is 9.51. The molecular formula is C12H7Br2ClS2. The normalized spacial score (nSPS) is 25.1. The maximum Gasteiger partial charge on any atom is 0.102 e. The Kier molecular flexibility index (Phi) is 3.61. The summed E-state index contributed by atoms with van der Waals surface area (Å²) in [6.07, 6.45) is 7.64. The van der Waals surface area contributed by atoms with E-state index in [9.17, 15) is 0 Å². The van der Waals surface area contributed by atoms with Gasteiger partial charge < -0.3 is 0 Å². The van der Waals surface area contributed by atoms with Crippen LogP contribution in [0.2, 0.25) is 0 Å². The number of fused-ring (bicyclic) bond motifs is 1. The quantitative estimate of drug-likeness (QED) is 0.498. The van der Waals surface area contributed by atoms with Crippen molar-refractivity contribution in [1.82, 2.24) is 0 Å². The minimum Gasteiger partial charge on any atom is -0.121 e. The minimum atomic E-state index is 0.125. The lowest BCUT2D eigenvalue weighted by Crippen LogP contribution is -1.78. The number of halogens is 3. The van der Waals surface area contributed by atoms with E-state index in [1.54, 1.807) is 23.1 Å². The molecule has 0 saturated carbocycles. The van der Waals surface area contributed by atoms with Gasteiger partial charge in [-0.3, -0.25) is 0 Å². The van der Waals surface area contributed by atoms with Crippen LogP contribution >= 0.6 is 66.6 Å². The molecule has 1 unspecified atom stereocenters. The Morgan fingerprint density at radius 1 is 1.41 bits per heavy atom. The van der Waals surface area contributed by atoms with Crippen molar-refractivity contribution in [3.05, 3.63) is 47.4 Å². The van der Waals surface area contributed by atoms with E-state index in [2.05, 4.69) is 56.2 Å². The van der Waals surface area contributed by atoms with E-state index in [4.69, 9.17) is 11.6 Å². The van der Waals surface area contributed by atoms with Crippen LogP contribution in [0.3, 0.4) is 0 Å². The molecule has 0 N–H and O–H groups in total. The van der Waals surface area contributed by atoms with Crippen LogP contribution in [0, 0.1) is 0 Å². The van der Waals surface area contributed by atoms with Crippen LogP contribution in [0.5, 0.6) is 0 Å². The number of rotatable bonds is 1. The standard InChI is InChI=1S/C12H7Br2ClS2/c13-10-4-8(12(14)17-10)2-6-1-7-5-11(15)16-9(7)3-6/h2-5,11H,1H2/b6-2-. The number of hydrogen-bond acceptors (Lipinski definition) is 2. The van der Waals surface area contributed by atoms with Gasteiger partial charge in [-0.15, -0.1) is 34.7 Å². The number of thiophene rings is 1. The highest BCUT2D eigenvalue weighted by molar-refractivity contribution is 9.12. The zero-order valence-corrected chi connectivity index (χ0v) is 14.1. The lowest BCUT2D eigenvalue weighted by Gasteiger charge is -1.95. The molecule has 0 aromatic carbocycles. The molecule has 0 saturated heterocycles. The van der Waals surface area contributed by atoms with Gasteiger partial charge in [-0.1, -0.05) is 6.08 Å². The van der Waals surface area contributed by atoms with Crippen molar-refractivity contribution in [3.63, 3.8) is 0 Å². The van der Waals surface area contributed by atoms with Crippen LogP contribution in [0.1, 0.15) is 12.0 Å². The van der Waals surface area contributed by atoms with Crippen LogP contribution in [-0.2, 0) is 0 Å². The fourth-order valence-electron chi connectivity index (χ4n) is 1.93. The topological polar surface area (TPSA) is 0 Å². The summed E-state index contributed by atoms with van der Waals surface area (Å²) in [7, 11) is 0. The highest BCUT2D eigenvalue weighted by Gasteiger charge is 2.25. The molecule has 0 bridgehead atoms. The van der Waals surface area contributed by atoms with Gasteiger partial charge in [-0.25, -0.2) is 0 Å². The van der Waals surface area contributed by atoms with Crippen LogP contribution < -0.4 is 0 Å². The summed E-state index contributed by atoms with van der Waals surface area (Å²) >= 11 is 16.6. The zero-order valence-electron chi connectivity index (χ0n) is 8.54. The Labute approximate surface area is 130 Å². The third kappa shape index (κ3) is 2.61. The summed E-state index contributed by atoms with van der Waals surface area (Å²) < 4.78 is 2.44. The van der Waals surface area contributed by atoms with Crippen molar-refractivity contribution in [2.75, 3.05) is 0 Å². The van der Waals surface area contributed by atoms with E-state index < -0.39 is 0 Å². The van der Waals surface area contributed by atoms with Gasteiger partial charge in [0.2, 0.25) is 0 Å². The van der Waals surface area contributed by atoms with Crippen LogP contribution in [0.4, 0.5) is 0 Å². The van der Waals surface area contributed by atoms with Crippen molar-refractivity contribution in [2.24, 2.45) is 0 Å². The molecule has 1 aliphatic carbocycles. The van der Waals surface area contributed by atoms with Crippen LogP contribution in [0.25, 0.3) is 6.08 Å². The van der Waals surface area contributed by atoms with Crippen molar-refractivity contribution in [2.45, 2.75) is 11.1 Å². The number of hydrogen-bond donors (Lipinski definition) is 0. The maximum atomic E-state index is 6.07. The van der Waals surface area contributed by atoms with Crippen molar-refractivity contribution >= 4 is 72.6 Å². The molecule has 2 aliphatic rings. The monoisotopic (exact) mass is 408 g/mol. The van der Waals surface area contributed by atoms with Gasteiger partial charge in [-0.05, 0) is 67.6 Å². The molecule has 0 spiro atoms. The first kappa shape index (κ1) is 12.5. The number of alkyl halides is 1. The molecule has 1 aliphatic heterocycles. The fourth-order valence-corrected chi connectivity index (χ4v) is 6.08. The Morgan fingerprint density at radius 2 is 2.24 bits per heavy atom. The van der Waals surface area contributed by atoms with E-state index in [0.29, 0.717) is 0 Å². The number of allylic oxidation sites excluding steroid dienone is 3. The molecule has 5 heteroatoms. The van der Waals surface area contributed by atoms with Crippen LogP contribution in [0.15, 0.2) is 41.8 Å². The average Bonchev–Trinajstić information content (AvgIpc) is 2.81. The molecule has 17 heavy (non-hydrogen) atoms. The molecule has 0 nitrogen and oxygen atoms in total. The van der Waals surface area contributed by atoms with Gasteiger partial charge in [0.1, 0.15) is 4.71 Å². The van der Waals surface area contributed by atoms with Gasteiger partial charge in [0.25, 0.3) is 0 Å². The Morgan fingerprint density at radius 3 is 2.88 bits per heavy atom. The van der Waals surface area contributed by atoms with E-state index in [-0.39, 0.29) is 4.71 Å². The predicted octanol–water partition coefficient (Wildman–Crippen LogP) is 6.18. The van der Waals surface area contributed by atoms with Gasteiger partial charge in [0.15, 0.2) is 0 Å². The maximum absolute atomic E-state index is 6.07. The molecule has 0 fully saturated rings. The van der Waals surface area contributed by atoms with Gasteiger partial charge >= 0.3 is 0 Å². The van der Waals surface area contributed by atoms with E-state index >= 15 is 0 Å². The molecule has 2 heterocycles. The summed E-state index contributed by atoms with van der Waals surface area (Å²) in [5.41, 5.74) is 3.97. The van der Waals surface area contributed by atoms with Gasteiger partial charge in [0.05, 0.1) is 7.57 Å². The van der Waals surface area contributed by atoms with Gasteiger partial charge in [-0.2, -0.15) is 0 Å². The first-order valence-corrected chi connectivity index (χ1v) is 8.72. The lowest BCUT2D eigenvalue weighted by atomic mass is 10.1. The highest BCUT2D eigenvalue weighted by Crippen LogP contribution is 2.47. The van der Waals surface area contributed by atoms with E-state index in [1.807, 2.05) is 0 Å². The van der Waals surface area contributed by atoms with Crippen LogP contribution in [-0.4, -0.2) is 4.71 Å². The molecule has 0 amide bonds. The summed E-state index contributed by atoms with van der Waals surface area (Å²) in [4.78, 5) is 1.33. The first-order chi connectivity index (χ1) is 8.11. The minimum absolute atomic E-state index is 0.125. The summed E-state index contributed by atoms with van der Waals surface area (Å²) in [6.45, 7) is 0. The molecule has 1 atom stereocenters. The Balaban J connectivity index is 1.89. The third-order valence-corrected chi connectivity index (χ3v) is 6.40. The summed E-state index contributed by atoms with van der Waals surface area (Å²) in [6, 6.07) is 2.14. The molecule has 3 rings (SSSR count). The average molecular weight is 411 g/mol. The fraction of sp³-hybridized carbons (Fsp3) is 0.167. The molecule has 1 aromatic rings. The highest BCUT2D eigenvalue weighted by atomic mass is 79.9. The van der Waals surface area contributed by atoms with Crippen molar-refractivity contribution in [1.29, 1.82) is 0 Å². The smallest absolute Gasteiger partial charge is 0.102 e. The number of thioether (sulfide) groups is 1. The second kappa shape index (κ2) is 4.89. The summed E-state index contributed by atoms with van der Waals surface area (Å²) in [5.74, 6) is 0. The van der Waals surface area contributed by atoms with Gasteiger partial charge in [0, 0.05) is 10.5 Å². The Bertz CT molecular complexity index is 569. The van der Waals surface area contributed by atoms with E-state index in [0.717, 1.165) is 10.2 Å². The molecule has 0 radical (unpaired) electrons. The van der Waals surface area contributed by atoms with Crippen molar-refractivity contribution < 1.29 is 0 Å². The third-order valence-electron chi connectivity index (χ3n) is 2.62. The molecular weight excluding hydrogens is 404 g/mol. The zero-order chi connectivity index (χ0) is 12.0. The molecule has 88 valence electrons. The second-order valence-electron chi connectivity index (χ2n) is 3.85. The largest absolute Gasteiger partial charge is 0.121 e. The SMILES string of the molecule is ClC1C=C2C/C(=C/c3cc(Br)sc3Br)C=C2S1. The first-order valence-electron chi connectivity index (χ1n) is 5.01. The lowest BCUT2D eigenvalue weighted by molar-refractivity contribution is 1.27. The van der Waals surface area contributed by atoms with Crippen molar-refractivity contribution in [3.8, 4) is 0 Å². The Hall–Kier alpha value is 0.520. The van der Waals surface area contributed by atoms with E-state index in [1.165, 1.54) is 25.4 Å². The summed E-state index contributed by atoms with van der Waals surface area (Å²) in [5, 5.41) is 0.